The highest BCUT2D eigenvalue weighted by molar-refractivity contribution is 7.92. The number of carbonyl (C=O) groups excluding carboxylic acids is 1. The summed E-state index contributed by atoms with van der Waals surface area (Å²) in [6, 6.07) is 21.1. The number of para-hydroxylation sites is 1. The van der Waals surface area contributed by atoms with E-state index in [1.165, 1.54) is 30.3 Å². The smallest absolute Gasteiger partial charge is 0.368 e. The van der Waals surface area contributed by atoms with Crippen LogP contribution >= 0.6 is 0 Å². The number of amides is 1. The zero-order valence-electron chi connectivity index (χ0n) is 18.7. The van der Waals surface area contributed by atoms with E-state index in [4.69, 9.17) is 0 Å². The van der Waals surface area contributed by atoms with Crippen LogP contribution < -0.4 is 9.21 Å². The van der Waals surface area contributed by atoms with Gasteiger partial charge in [-0.25, -0.2) is 8.42 Å². The Balaban J connectivity index is 1.58. The number of rotatable bonds is 6. The van der Waals surface area contributed by atoms with Gasteiger partial charge in [-0.15, -0.1) is 0 Å². The summed E-state index contributed by atoms with van der Waals surface area (Å²) in [5.74, 6) is -0.477. The number of hydrogen-bond acceptors (Lipinski definition) is 4. The number of nitrogens with zero attached hydrogens (tertiary/aromatic N) is 3. The Bertz CT molecular complexity index is 1260. The Kier molecular flexibility index (Phi) is 7.02. The van der Waals surface area contributed by atoms with Crippen LogP contribution in [-0.2, 0) is 21.0 Å². The lowest BCUT2D eigenvalue weighted by Crippen LogP contribution is -2.52. The first-order valence-electron chi connectivity index (χ1n) is 11.0. The molecule has 1 fully saturated rings. The quantitative estimate of drug-likeness (QED) is 0.505. The van der Waals surface area contributed by atoms with Crippen LogP contribution in [0.25, 0.3) is 0 Å². The first kappa shape index (κ1) is 24.6. The van der Waals surface area contributed by atoms with Gasteiger partial charge in [0, 0.05) is 31.9 Å². The van der Waals surface area contributed by atoms with Crippen molar-refractivity contribution in [3.8, 4) is 0 Å². The van der Waals surface area contributed by atoms with Gasteiger partial charge in [-0.05, 0) is 42.5 Å². The Morgan fingerprint density at radius 1 is 0.829 bits per heavy atom. The number of hydrogen-bond donors (Lipinski definition) is 0. The van der Waals surface area contributed by atoms with E-state index >= 15 is 0 Å². The minimum atomic E-state index is -4.66. The van der Waals surface area contributed by atoms with Gasteiger partial charge < -0.3 is 9.80 Å². The van der Waals surface area contributed by atoms with Gasteiger partial charge in [0.2, 0.25) is 5.91 Å². The summed E-state index contributed by atoms with van der Waals surface area (Å²) in [5, 5.41) is 0. The average Bonchev–Trinajstić information content (AvgIpc) is 2.88. The fourth-order valence-corrected chi connectivity index (χ4v) is 5.37. The lowest BCUT2D eigenvalue weighted by Gasteiger charge is -2.37. The minimum Gasteiger partial charge on any atom is -0.368 e. The first-order valence-corrected chi connectivity index (χ1v) is 12.4. The molecule has 0 spiro atoms. The molecule has 35 heavy (non-hydrogen) atoms. The molecule has 1 heterocycles. The van der Waals surface area contributed by atoms with E-state index in [9.17, 15) is 26.4 Å². The molecule has 0 aliphatic carbocycles. The second-order valence-corrected chi connectivity index (χ2v) is 9.94. The molecule has 3 aromatic rings. The summed E-state index contributed by atoms with van der Waals surface area (Å²) in [5.41, 5.74) is -0.191. The van der Waals surface area contributed by atoms with Crippen LogP contribution in [0.5, 0.6) is 0 Å². The molecule has 1 saturated heterocycles. The maximum absolute atomic E-state index is 13.4. The molecule has 184 valence electrons. The molecule has 0 N–H and O–H groups in total. The summed E-state index contributed by atoms with van der Waals surface area (Å²) in [7, 11) is -4.30. The van der Waals surface area contributed by atoms with Gasteiger partial charge in [-0.2, -0.15) is 13.2 Å². The summed E-state index contributed by atoms with van der Waals surface area (Å²) >= 11 is 0. The standard InChI is InChI=1S/C25H24F3N3O3S/c26-25(27,28)20-8-7-11-22(18-20)31(35(33,34)23-12-5-2-6-13-23)19-24(32)30-16-14-29(15-17-30)21-9-3-1-4-10-21/h1-13,18H,14-17,19H2. The summed E-state index contributed by atoms with van der Waals surface area (Å²) in [6.07, 6.45) is -4.66. The van der Waals surface area contributed by atoms with E-state index in [1.54, 1.807) is 11.0 Å². The third-order valence-electron chi connectivity index (χ3n) is 5.83. The predicted molar refractivity (Wildman–Crippen MR) is 128 cm³/mol. The fourth-order valence-electron chi connectivity index (χ4n) is 3.95. The topological polar surface area (TPSA) is 60.9 Å². The third-order valence-corrected chi connectivity index (χ3v) is 7.61. The van der Waals surface area contributed by atoms with Crippen LogP contribution in [-0.4, -0.2) is 51.9 Å². The van der Waals surface area contributed by atoms with Crippen molar-refractivity contribution in [3.63, 3.8) is 0 Å². The normalized spacial score (nSPS) is 14.6. The lowest BCUT2D eigenvalue weighted by atomic mass is 10.2. The Hall–Kier alpha value is -3.53. The van der Waals surface area contributed by atoms with Crippen LogP contribution in [0.15, 0.2) is 89.8 Å². The second kappa shape index (κ2) is 9.99. The van der Waals surface area contributed by atoms with Crippen LogP contribution in [0.4, 0.5) is 24.5 Å². The molecule has 10 heteroatoms. The molecule has 0 unspecified atom stereocenters. The molecule has 6 nitrogen and oxygen atoms in total. The fraction of sp³-hybridized carbons (Fsp3) is 0.240. The van der Waals surface area contributed by atoms with Crippen molar-refractivity contribution in [3.05, 3.63) is 90.5 Å². The molecule has 0 aromatic heterocycles. The van der Waals surface area contributed by atoms with Crippen LogP contribution in [0.1, 0.15) is 5.56 Å². The number of benzene rings is 3. The van der Waals surface area contributed by atoms with Crippen LogP contribution in [0, 0.1) is 0 Å². The highest BCUT2D eigenvalue weighted by Crippen LogP contribution is 2.33. The molecule has 0 atom stereocenters. The van der Waals surface area contributed by atoms with Crippen molar-refractivity contribution in [2.24, 2.45) is 0 Å². The first-order chi connectivity index (χ1) is 16.7. The molecular formula is C25H24F3N3O3S. The van der Waals surface area contributed by atoms with E-state index in [0.29, 0.717) is 26.2 Å². The number of alkyl halides is 3. The van der Waals surface area contributed by atoms with E-state index in [1.807, 2.05) is 30.3 Å². The highest BCUT2D eigenvalue weighted by Gasteiger charge is 2.34. The van der Waals surface area contributed by atoms with Gasteiger partial charge in [0.1, 0.15) is 6.54 Å². The third kappa shape index (κ3) is 5.59. The molecule has 0 saturated carbocycles. The number of piperazine rings is 1. The Morgan fingerprint density at radius 3 is 2.03 bits per heavy atom. The second-order valence-electron chi connectivity index (χ2n) is 8.08. The summed E-state index contributed by atoms with van der Waals surface area (Å²) < 4.78 is 67.6. The molecule has 4 rings (SSSR count). The van der Waals surface area contributed by atoms with Crippen molar-refractivity contribution in [2.45, 2.75) is 11.1 Å². The average molecular weight is 504 g/mol. The zero-order chi connectivity index (χ0) is 25.1. The number of anilines is 2. The van der Waals surface area contributed by atoms with Crippen molar-refractivity contribution in [1.29, 1.82) is 0 Å². The molecule has 1 aliphatic rings. The summed E-state index contributed by atoms with van der Waals surface area (Å²) in [4.78, 5) is 16.7. The van der Waals surface area contributed by atoms with E-state index in [0.717, 1.165) is 28.2 Å². The van der Waals surface area contributed by atoms with Gasteiger partial charge in [0.05, 0.1) is 16.1 Å². The highest BCUT2D eigenvalue weighted by atomic mass is 32.2. The van der Waals surface area contributed by atoms with Gasteiger partial charge in [-0.1, -0.05) is 42.5 Å². The van der Waals surface area contributed by atoms with Gasteiger partial charge >= 0.3 is 6.18 Å². The maximum Gasteiger partial charge on any atom is 0.416 e. The molecular weight excluding hydrogens is 479 g/mol. The lowest BCUT2D eigenvalue weighted by molar-refractivity contribution is -0.137. The van der Waals surface area contributed by atoms with Gasteiger partial charge in [-0.3, -0.25) is 9.10 Å². The molecule has 3 aromatic carbocycles. The van der Waals surface area contributed by atoms with E-state index < -0.39 is 34.2 Å². The maximum atomic E-state index is 13.4. The number of sulfonamides is 1. The minimum absolute atomic E-state index is 0.112. The molecule has 1 amide bonds. The molecule has 1 aliphatic heterocycles. The molecule has 0 radical (unpaired) electrons. The monoisotopic (exact) mass is 503 g/mol. The van der Waals surface area contributed by atoms with Crippen molar-refractivity contribution < 1.29 is 26.4 Å². The predicted octanol–water partition coefficient (Wildman–Crippen LogP) is 4.25. The summed E-state index contributed by atoms with van der Waals surface area (Å²) in [6.45, 7) is 1.25. The van der Waals surface area contributed by atoms with Gasteiger partial charge in [0.15, 0.2) is 0 Å². The van der Waals surface area contributed by atoms with Crippen LogP contribution in [0.3, 0.4) is 0 Å². The number of carbonyl (C=O) groups is 1. The Morgan fingerprint density at radius 2 is 1.43 bits per heavy atom. The zero-order valence-corrected chi connectivity index (χ0v) is 19.5. The Labute approximate surface area is 202 Å². The van der Waals surface area contributed by atoms with Gasteiger partial charge in [0.25, 0.3) is 10.0 Å². The van der Waals surface area contributed by atoms with E-state index in [2.05, 4.69) is 4.90 Å². The largest absolute Gasteiger partial charge is 0.416 e. The number of halogens is 3. The van der Waals surface area contributed by atoms with E-state index in [-0.39, 0.29) is 10.6 Å². The van der Waals surface area contributed by atoms with Crippen molar-refractivity contribution >= 4 is 27.3 Å². The van der Waals surface area contributed by atoms with Crippen LogP contribution in [0.2, 0.25) is 0 Å². The van der Waals surface area contributed by atoms with Crippen molar-refractivity contribution in [1.82, 2.24) is 4.90 Å². The molecule has 0 bridgehead atoms. The van der Waals surface area contributed by atoms with Crippen molar-refractivity contribution in [2.75, 3.05) is 41.9 Å². The SMILES string of the molecule is O=C(CN(c1cccc(C(F)(F)F)c1)S(=O)(=O)c1ccccc1)N1CCN(c2ccccc2)CC1.